The molecule has 4 heteroatoms. The van der Waals surface area contributed by atoms with Gasteiger partial charge in [-0.25, -0.2) is 0 Å². The molecule has 0 saturated carbocycles. The van der Waals surface area contributed by atoms with Crippen molar-refractivity contribution in [3.8, 4) is 11.5 Å². The van der Waals surface area contributed by atoms with E-state index in [2.05, 4.69) is 36.8 Å². The number of nitrogens with zero attached hydrogens (tertiary/aromatic N) is 1. The molecule has 0 spiro atoms. The topological polar surface area (TPSA) is 22.1 Å². The monoisotopic (exact) mass is 355 g/mol. The van der Waals surface area contributed by atoms with Crippen molar-refractivity contribution >= 4 is 31.9 Å². The van der Waals surface area contributed by atoms with Gasteiger partial charge >= 0.3 is 0 Å². The Morgan fingerprint density at radius 3 is 2.71 bits per heavy atom. The van der Waals surface area contributed by atoms with Gasteiger partial charge in [0.1, 0.15) is 11.5 Å². The van der Waals surface area contributed by atoms with Gasteiger partial charge in [-0.05, 0) is 37.3 Å². The van der Waals surface area contributed by atoms with Crippen molar-refractivity contribution in [1.29, 1.82) is 0 Å². The third-order valence-corrected chi connectivity index (χ3v) is 3.38. The summed E-state index contributed by atoms with van der Waals surface area (Å²) >= 11 is 6.89. The Kier molecular flexibility index (Phi) is 4.18. The van der Waals surface area contributed by atoms with Gasteiger partial charge in [-0.3, -0.25) is 4.98 Å². The Bertz CT molecular complexity index is 511. The molecule has 0 radical (unpaired) electrons. The molecule has 2 rings (SSSR count). The maximum absolute atomic E-state index is 5.80. The van der Waals surface area contributed by atoms with Gasteiger partial charge in [0.05, 0.1) is 6.20 Å². The van der Waals surface area contributed by atoms with E-state index < -0.39 is 0 Å². The third-order valence-electron chi connectivity index (χ3n) is 2.28. The summed E-state index contributed by atoms with van der Waals surface area (Å²) in [5.74, 6) is 1.59. The molecule has 2 aromatic rings. The predicted octanol–water partition coefficient (Wildman–Crippen LogP) is 4.84. The summed E-state index contributed by atoms with van der Waals surface area (Å²) in [4.78, 5) is 4.20. The lowest BCUT2D eigenvalue weighted by molar-refractivity contribution is 0.476. The van der Waals surface area contributed by atoms with Crippen molar-refractivity contribution in [2.24, 2.45) is 0 Å². The number of aromatic nitrogens is 1. The second-order valence-electron chi connectivity index (χ2n) is 3.62. The van der Waals surface area contributed by atoms with Crippen molar-refractivity contribution < 1.29 is 4.74 Å². The van der Waals surface area contributed by atoms with Gasteiger partial charge in [0.25, 0.3) is 0 Å². The fraction of sp³-hybridized carbons (Fsp3) is 0.154. The van der Waals surface area contributed by atoms with Crippen molar-refractivity contribution in [2.75, 3.05) is 0 Å². The predicted molar refractivity (Wildman–Crippen MR) is 75.8 cm³/mol. The van der Waals surface area contributed by atoms with Gasteiger partial charge in [0.15, 0.2) is 0 Å². The van der Waals surface area contributed by atoms with E-state index in [0.29, 0.717) is 0 Å². The molecule has 0 N–H and O–H groups in total. The van der Waals surface area contributed by atoms with Crippen LogP contribution in [0.1, 0.15) is 11.3 Å². The molecule has 0 saturated heterocycles. The molecule has 0 amide bonds. The van der Waals surface area contributed by atoms with Gasteiger partial charge in [0.2, 0.25) is 0 Å². The maximum atomic E-state index is 5.80. The summed E-state index contributed by atoms with van der Waals surface area (Å²) in [5.41, 5.74) is 2.08. The highest BCUT2D eigenvalue weighted by molar-refractivity contribution is 9.10. The Morgan fingerprint density at radius 2 is 2.06 bits per heavy atom. The molecular weight excluding hydrogens is 346 g/mol. The van der Waals surface area contributed by atoms with Crippen molar-refractivity contribution in [2.45, 2.75) is 12.3 Å². The molecule has 0 fully saturated rings. The summed E-state index contributed by atoms with van der Waals surface area (Å²) in [5, 5.41) is 0.751. The average Bonchev–Trinajstić information content (AvgIpc) is 2.34. The van der Waals surface area contributed by atoms with Crippen LogP contribution in [-0.2, 0) is 5.33 Å². The van der Waals surface area contributed by atoms with Crippen LogP contribution in [0.25, 0.3) is 0 Å². The zero-order chi connectivity index (χ0) is 12.3. The number of benzene rings is 1. The lowest BCUT2D eigenvalue weighted by atomic mass is 10.2. The molecule has 1 aromatic carbocycles. The molecular formula is C13H11Br2NO. The normalized spacial score (nSPS) is 10.3. The van der Waals surface area contributed by atoms with Crippen LogP contribution in [0.3, 0.4) is 0 Å². The van der Waals surface area contributed by atoms with Crippen LogP contribution in [0.15, 0.2) is 41.0 Å². The molecule has 1 aromatic heterocycles. The van der Waals surface area contributed by atoms with Gasteiger partial charge < -0.3 is 4.74 Å². The van der Waals surface area contributed by atoms with Crippen LogP contribution in [0, 0.1) is 6.92 Å². The largest absolute Gasteiger partial charge is 0.455 e. The number of hydrogen-bond acceptors (Lipinski definition) is 2. The minimum atomic E-state index is 0.750. The lowest BCUT2D eigenvalue weighted by Gasteiger charge is -2.09. The van der Waals surface area contributed by atoms with E-state index in [-0.39, 0.29) is 0 Å². The highest BCUT2D eigenvalue weighted by Gasteiger charge is 2.05. The van der Waals surface area contributed by atoms with Crippen molar-refractivity contribution in [3.63, 3.8) is 0 Å². The summed E-state index contributed by atoms with van der Waals surface area (Å²) in [6.07, 6.45) is 1.73. The molecule has 2 nitrogen and oxygen atoms in total. The third kappa shape index (κ3) is 3.30. The fourth-order valence-corrected chi connectivity index (χ4v) is 2.24. The SMILES string of the molecule is Cc1ccc(Oc2ccc(Br)cc2CBr)cn1. The number of aryl methyl sites for hydroxylation is 1. The Labute approximate surface area is 117 Å². The summed E-state index contributed by atoms with van der Waals surface area (Å²) < 4.78 is 6.84. The van der Waals surface area contributed by atoms with E-state index in [1.54, 1.807) is 6.20 Å². The number of pyridine rings is 1. The molecule has 17 heavy (non-hydrogen) atoms. The molecule has 1 heterocycles. The van der Waals surface area contributed by atoms with Crippen molar-refractivity contribution in [1.82, 2.24) is 4.98 Å². The van der Waals surface area contributed by atoms with Gasteiger partial charge in [-0.2, -0.15) is 0 Å². The number of ether oxygens (including phenoxy) is 1. The highest BCUT2D eigenvalue weighted by Crippen LogP contribution is 2.29. The van der Waals surface area contributed by atoms with Crippen LogP contribution in [0.4, 0.5) is 0 Å². The number of alkyl halides is 1. The van der Waals surface area contributed by atoms with E-state index in [9.17, 15) is 0 Å². The molecule has 0 aliphatic rings. The van der Waals surface area contributed by atoms with Gasteiger partial charge in [-0.15, -0.1) is 0 Å². The zero-order valence-corrected chi connectivity index (χ0v) is 12.5. The summed E-state index contributed by atoms with van der Waals surface area (Å²) in [6, 6.07) is 9.79. The van der Waals surface area contributed by atoms with E-state index in [0.717, 1.165) is 32.6 Å². The van der Waals surface area contributed by atoms with Gasteiger partial charge in [0, 0.05) is 21.1 Å². The van der Waals surface area contributed by atoms with E-state index >= 15 is 0 Å². The second kappa shape index (κ2) is 5.65. The molecule has 0 aliphatic heterocycles. The number of rotatable bonds is 3. The first-order valence-electron chi connectivity index (χ1n) is 5.14. The standard InChI is InChI=1S/C13H11Br2NO/c1-9-2-4-12(8-16-9)17-13-5-3-11(15)6-10(13)7-14/h2-6,8H,7H2,1H3. The van der Waals surface area contributed by atoms with Crippen LogP contribution >= 0.6 is 31.9 Å². The zero-order valence-electron chi connectivity index (χ0n) is 9.28. The maximum Gasteiger partial charge on any atom is 0.145 e. The Morgan fingerprint density at radius 1 is 1.24 bits per heavy atom. The van der Waals surface area contributed by atoms with Crippen LogP contribution < -0.4 is 4.74 Å². The molecule has 0 bridgehead atoms. The van der Waals surface area contributed by atoms with E-state index in [1.165, 1.54) is 0 Å². The Balaban J connectivity index is 2.26. The van der Waals surface area contributed by atoms with Gasteiger partial charge in [-0.1, -0.05) is 31.9 Å². The van der Waals surface area contributed by atoms with Crippen LogP contribution in [-0.4, -0.2) is 4.98 Å². The fourth-order valence-electron chi connectivity index (χ4n) is 1.39. The molecule has 0 unspecified atom stereocenters. The quantitative estimate of drug-likeness (QED) is 0.734. The molecule has 0 aliphatic carbocycles. The van der Waals surface area contributed by atoms with Crippen molar-refractivity contribution in [3.05, 3.63) is 52.3 Å². The first kappa shape index (κ1) is 12.6. The number of hydrogen-bond donors (Lipinski definition) is 0. The minimum Gasteiger partial charge on any atom is -0.455 e. The molecule has 0 atom stereocenters. The molecule has 88 valence electrons. The second-order valence-corrected chi connectivity index (χ2v) is 5.10. The lowest BCUT2D eigenvalue weighted by Crippen LogP contribution is -1.90. The highest BCUT2D eigenvalue weighted by atomic mass is 79.9. The number of halogens is 2. The van der Waals surface area contributed by atoms with Crippen LogP contribution in [0.5, 0.6) is 11.5 Å². The first-order valence-corrected chi connectivity index (χ1v) is 7.05. The van der Waals surface area contributed by atoms with Crippen LogP contribution in [0.2, 0.25) is 0 Å². The van der Waals surface area contributed by atoms with E-state index in [1.807, 2.05) is 37.3 Å². The average molecular weight is 357 g/mol. The summed E-state index contributed by atoms with van der Waals surface area (Å²) in [6.45, 7) is 1.95. The smallest absolute Gasteiger partial charge is 0.145 e. The Hall–Kier alpha value is -0.870. The minimum absolute atomic E-state index is 0.750. The first-order chi connectivity index (χ1) is 8.19. The summed E-state index contributed by atoms with van der Waals surface area (Å²) in [7, 11) is 0. The van der Waals surface area contributed by atoms with E-state index in [4.69, 9.17) is 4.74 Å².